The summed E-state index contributed by atoms with van der Waals surface area (Å²) in [5.41, 5.74) is 1.03. The van der Waals surface area contributed by atoms with E-state index in [1.807, 2.05) is 0 Å². The van der Waals surface area contributed by atoms with E-state index in [0.29, 0.717) is 17.4 Å². The molecular weight excluding hydrogens is 136 g/mol. The van der Waals surface area contributed by atoms with Gasteiger partial charge in [0, 0.05) is 6.61 Å². The third-order valence-corrected chi connectivity index (χ3v) is 3.26. The predicted octanol–water partition coefficient (Wildman–Crippen LogP) is 2.59. The van der Waals surface area contributed by atoms with Gasteiger partial charge in [-0.15, -0.1) is 0 Å². The highest BCUT2D eigenvalue weighted by molar-refractivity contribution is 5.00. The van der Waals surface area contributed by atoms with Crippen LogP contribution in [0.5, 0.6) is 0 Å². The summed E-state index contributed by atoms with van der Waals surface area (Å²) in [5.74, 6) is 0. The fraction of sp³-hybridized carbons (Fsp3) is 1.00. The molecule has 1 aliphatic rings. The molecular formula is C10H20O. The molecule has 0 aliphatic heterocycles. The molecule has 0 aromatic heterocycles. The molecule has 0 bridgehead atoms. The lowest BCUT2D eigenvalue weighted by atomic mass is 9.75. The lowest BCUT2D eigenvalue weighted by Gasteiger charge is -2.30. The molecule has 1 heteroatoms. The first-order valence-electron chi connectivity index (χ1n) is 4.63. The SMILES string of the molecule is CC(C)(C)C1(CCCO)CC1. The van der Waals surface area contributed by atoms with E-state index in [-0.39, 0.29) is 0 Å². The summed E-state index contributed by atoms with van der Waals surface area (Å²) < 4.78 is 0. The summed E-state index contributed by atoms with van der Waals surface area (Å²) >= 11 is 0. The number of hydrogen-bond acceptors (Lipinski definition) is 1. The van der Waals surface area contributed by atoms with Gasteiger partial charge in [-0.3, -0.25) is 0 Å². The number of aliphatic hydroxyl groups excluding tert-OH is 1. The molecule has 1 N–H and O–H groups in total. The Hall–Kier alpha value is -0.0400. The Kier molecular flexibility index (Phi) is 2.29. The van der Waals surface area contributed by atoms with Crippen LogP contribution in [0.1, 0.15) is 46.5 Å². The van der Waals surface area contributed by atoms with Gasteiger partial charge in [0.2, 0.25) is 0 Å². The molecule has 1 rings (SSSR count). The van der Waals surface area contributed by atoms with E-state index in [1.165, 1.54) is 19.3 Å². The van der Waals surface area contributed by atoms with Crippen LogP contribution in [0, 0.1) is 10.8 Å². The molecule has 0 atom stereocenters. The van der Waals surface area contributed by atoms with Gasteiger partial charge in [-0.2, -0.15) is 0 Å². The zero-order chi connectivity index (χ0) is 8.54. The van der Waals surface area contributed by atoms with Crippen LogP contribution in [0.2, 0.25) is 0 Å². The zero-order valence-electron chi connectivity index (χ0n) is 7.98. The van der Waals surface area contributed by atoms with Crippen molar-refractivity contribution < 1.29 is 5.11 Å². The normalized spacial score (nSPS) is 21.8. The van der Waals surface area contributed by atoms with Gasteiger partial charge in [0.15, 0.2) is 0 Å². The van der Waals surface area contributed by atoms with E-state index >= 15 is 0 Å². The highest BCUT2D eigenvalue weighted by atomic mass is 16.2. The van der Waals surface area contributed by atoms with Crippen molar-refractivity contribution >= 4 is 0 Å². The standard InChI is InChI=1S/C10H20O/c1-9(2,3)10(6-7-10)5-4-8-11/h11H,4-8H2,1-3H3. The van der Waals surface area contributed by atoms with E-state index < -0.39 is 0 Å². The van der Waals surface area contributed by atoms with Crippen molar-refractivity contribution in [3.05, 3.63) is 0 Å². The van der Waals surface area contributed by atoms with E-state index in [0.717, 1.165) is 6.42 Å². The lowest BCUT2D eigenvalue weighted by molar-refractivity contribution is 0.176. The maximum atomic E-state index is 8.72. The second-order valence-electron chi connectivity index (χ2n) is 4.86. The predicted molar refractivity (Wildman–Crippen MR) is 47.4 cm³/mol. The zero-order valence-corrected chi connectivity index (χ0v) is 7.98. The van der Waals surface area contributed by atoms with Gasteiger partial charge in [-0.1, -0.05) is 20.8 Å². The lowest BCUT2D eigenvalue weighted by Crippen LogP contribution is -2.22. The average Bonchev–Trinajstić information content (AvgIpc) is 2.61. The Morgan fingerprint density at radius 2 is 1.82 bits per heavy atom. The molecule has 0 amide bonds. The van der Waals surface area contributed by atoms with E-state index in [2.05, 4.69) is 20.8 Å². The monoisotopic (exact) mass is 156 g/mol. The Balaban J connectivity index is 2.41. The van der Waals surface area contributed by atoms with Gasteiger partial charge in [0.05, 0.1) is 0 Å². The maximum absolute atomic E-state index is 8.72. The van der Waals surface area contributed by atoms with Crippen molar-refractivity contribution in [1.29, 1.82) is 0 Å². The molecule has 1 aliphatic carbocycles. The van der Waals surface area contributed by atoms with Crippen molar-refractivity contribution in [2.45, 2.75) is 46.5 Å². The summed E-state index contributed by atoms with van der Waals surface area (Å²) in [4.78, 5) is 0. The molecule has 0 aromatic rings. The van der Waals surface area contributed by atoms with E-state index in [9.17, 15) is 0 Å². The average molecular weight is 156 g/mol. The largest absolute Gasteiger partial charge is 0.396 e. The van der Waals surface area contributed by atoms with Crippen LogP contribution in [0.3, 0.4) is 0 Å². The van der Waals surface area contributed by atoms with Gasteiger partial charge >= 0.3 is 0 Å². The number of hydrogen-bond donors (Lipinski definition) is 1. The minimum Gasteiger partial charge on any atom is -0.396 e. The fourth-order valence-corrected chi connectivity index (χ4v) is 1.94. The van der Waals surface area contributed by atoms with Crippen LogP contribution >= 0.6 is 0 Å². The molecule has 66 valence electrons. The molecule has 0 unspecified atom stereocenters. The Morgan fingerprint density at radius 1 is 1.27 bits per heavy atom. The van der Waals surface area contributed by atoms with Gasteiger partial charge in [-0.05, 0) is 36.5 Å². The van der Waals surface area contributed by atoms with Crippen LogP contribution in [0.4, 0.5) is 0 Å². The first kappa shape index (κ1) is 9.05. The number of aliphatic hydroxyl groups is 1. The fourth-order valence-electron chi connectivity index (χ4n) is 1.94. The molecule has 0 saturated heterocycles. The van der Waals surface area contributed by atoms with Crippen LogP contribution in [0.15, 0.2) is 0 Å². The second kappa shape index (κ2) is 2.78. The molecule has 0 heterocycles. The summed E-state index contributed by atoms with van der Waals surface area (Å²) in [6.45, 7) is 7.31. The Bertz CT molecular complexity index is 128. The van der Waals surface area contributed by atoms with Crippen LogP contribution < -0.4 is 0 Å². The van der Waals surface area contributed by atoms with Gasteiger partial charge in [-0.25, -0.2) is 0 Å². The highest BCUT2D eigenvalue weighted by Crippen LogP contribution is 2.61. The third-order valence-electron chi connectivity index (χ3n) is 3.26. The second-order valence-corrected chi connectivity index (χ2v) is 4.86. The molecule has 11 heavy (non-hydrogen) atoms. The summed E-state index contributed by atoms with van der Waals surface area (Å²) in [5, 5.41) is 8.72. The maximum Gasteiger partial charge on any atom is 0.0431 e. The number of rotatable bonds is 3. The van der Waals surface area contributed by atoms with Crippen molar-refractivity contribution in [3.8, 4) is 0 Å². The van der Waals surface area contributed by atoms with E-state index in [4.69, 9.17) is 5.11 Å². The van der Waals surface area contributed by atoms with Crippen molar-refractivity contribution in [2.75, 3.05) is 6.61 Å². The van der Waals surface area contributed by atoms with Gasteiger partial charge < -0.3 is 5.11 Å². The van der Waals surface area contributed by atoms with Gasteiger partial charge in [0.1, 0.15) is 0 Å². The topological polar surface area (TPSA) is 20.2 Å². The van der Waals surface area contributed by atoms with Crippen molar-refractivity contribution in [3.63, 3.8) is 0 Å². The molecule has 1 saturated carbocycles. The first-order valence-corrected chi connectivity index (χ1v) is 4.63. The summed E-state index contributed by atoms with van der Waals surface area (Å²) in [6, 6.07) is 0. The third kappa shape index (κ3) is 1.76. The molecule has 0 radical (unpaired) electrons. The Labute approximate surface area is 69.8 Å². The van der Waals surface area contributed by atoms with Crippen molar-refractivity contribution in [2.24, 2.45) is 10.8 Å². The molecule has 1 fully saturated rings. The van der Waals surface area contributed by atoms with Crippen LogP contribution in [-0.2, 0) is 0 Å². The van der Waals surface area contributed by atoms with Crippen LogP contribution in [0.25, 0.3) is 0 Å². The van der Waals surface area contributed by atoms with Crippen molar-refractivity contribution in [1.82, 2.24) is 0 Å². The Morgan fingerprint density at radius 3 is 2.09 bits per heavy atom. The highest BCUT2D eigenvalue weighted by Gasteiger charge is 2.50. The van der Waals surface area contributed by atoms with E-state index in [1.54, 1.807) is 0 Å². The summed E-state index contributed by atoms with van der Waals surface area (Å²) in [7, 11) is 0. The first-order chi connectivity index (χ1) is 5.02. The quantitative estimate of drug-likeness (QED) is 0.666. The summed E-state index contributed by atoms with van der Waals surface area (Å²) in [6.07, 6.45) is 4.94. The van der Waals surface area contributed by atoms with Crippen LogP contribution in [-0.4, -0.2) is 11.7 Å². The molecule has 0 aromatic carbocycles. The molecule has 1 nitrogen and oxygen atoms in total. The minimum atomic E-state index is 0.359. The molecule has 0 spiro atoms. The van der Waals surface area contributed by atoms with Gasteiger partial charge in [0.25, 0.3) is 0 Å². The minimum absolute atomic E-state index is 0.359. The smallest absolute Gasteiger partial charge is 0.0431 e.